The van der Waals surface area contributed by atoms with E-state index in [1.54, 1.807) is 0 Å². The summed E-state index contributed by atoms with van der Waals surface area (Å²) in [6.07, 6.45) is 10.2. The van der Waals surface area contributed by atoms with Gasteiger partial charge in [0.25, 0.3) is 0 Å². The third-order valence-corrected chi connectivity index (χ3v) is 4.02. The molecular weight excluding hydrogens is 220 g/mol. The number of pyridine rings is 1. The number of rotatable bonds is 6. The summed E-state index contributed by atoms with van der Waals surface area (Å²) >= 11 is 0. The van der Waals surface area contributed by atoms with Gasteiger partial charge < -0.3 is 5.32 Å². The van der Waals surface area contributed by atoms with Gasteiger partial charge in [0.15, 0.2) is 0 Å². The van der Waals surface area contributed by atoms with Crippen molar-refractivity contribution in [3.8, 4) is 0 Å². The van der Waals surface area contributed by atoms with Crippen LogP contribution in [0.2, 0.25) is 0 Å². The predicted molar refractivity (Wildman–Crippen MR) is 76.6 cm³/mol. The van der Waals surface area contributed by atoms with E-state index in [4.69, 9.17) is 0 Å². The van der Waals surface area contributed by atoms with E-state index in [9.17, 15) is 0 Å². The van der Waals surface area contributed by atoms with Gasteiger partial charge in [-0.15, -0.1) is 0 Å². The number of aromatic nitrogens is 1. The van der Waals surface area contributed by atoms with E-state index in [-0.39, 0.29) is 0 Å². The Morgan fingerprint density at radius 3 is 2.72 bits per heavy atom. The molecular formula is C16H26N2. The Kier molecular flexibility index (Phi) is 5.18. The molecule has 1 aliphatic carbocycles. The van der Waals surface area contributed by atoms with Gasteiger partial charge in [0.05, 0.1) is 0 Å². The van der Waals surface area contributed by atoms with E-state index in [1.807, 2.05) is 0 Å². The summed E-state index contributed by atoms with van der Waals surface area (Å²) < 4.78 is 0. The fourth-order valence-electron chi connectivity index (χ4n) is 2.92. The van der Waals surface area contributed by atoms with Crippen molar-refractivity contribution in [1.82, 2.24) is 10.3 Å². The fraction of sp³-hybridized carbons (Fsp3) is 0.688. The predicted octanol–water partition coefficient (Wildman–Crippen LogP) is 4.01. The average Bonchev–Trinajstić information content (AvgIpc) is 2.88. The monoisotopic (exact) mass is 246 g/mol. The first kappa shape index (κ1) is 13.5. The molecule has 1 heterocycles. The lowest BCUT2D eigenvalue weighted by molar-refractivity contribution is 0.394. The highest BCUT2D eigenvalue weighted by molar-refractivity contribution is 5.17. The lowest BCUT2D eigenvalue weighted by atomic mass is 9.94. The van der Waals surface area contributed by atoms with E-state index < -0.39 is 0 Å². The van der Waals surface area contributed by atoms with Gasteiger partial charge in [-0.2, -0.15) is 0 Å². The molecule has 0 radical (unpaired) electrons. The standard InChI is InChI=1S/C16H26N2/c1-3-10-17-16(11-14-6-4-5-7-14)15-9-8-13(2)18-12-15/h8-9,12,14,16-17H,3-7,10-11H2,1-2H3. The summed E-state index contributed by atoms with van der Waals surface area (Å²) in [6, 6.07) is 4.87. The van der Waals surface area contributed by atoms with Gasteiger partial charge in [0.1, 0.15) is 0 Å². The van der Waals surface area contributed by atoms with Crippen LogP contribution in [0.4, 0.5) is 0 Å². The summed E-state index contributed by atoms with van der Waals surface area (Å²) in [4.78, 5) is 4.44. The van der Waals surface area contributed by atoms with Crippen LogP contribution in [0.15, 0.2) is 18.3 Å². The quantitative estimate of drug-likeness (QED) is 0.820. The molecule has 2 nitrogen and oxygen atoms in total. The molecule has 0 bridgehead atoms. The smallest absolute Gasteiger partial charge is 0.0372 e. The lowest BCUT2D eigenvalue weighted by Gasteiger charge is -2.22. The summed E-state index contributed by atoms with van der Waals surface area (Å²) in [5.41, 5.74) is 2.47. The molecule has 0 amide bonds. The minimum atomic E-state index is 0.501. The van der Waals surface area contributed by atoms with Crippen LogP contribution < -0.4 is 5.32 Å². The molecule has 2 heteroatoms. The summed E-state index contributed by atoms with van der Waals surface area (Å²) in [6.45, 7) is 5.38. The molecule has 1 atom stereocenters. The van der Waals surface area contributed by atoms with Crippen molar-refractivity contribution in [2.45, 2.75) is 58.4 Å². The molecule has 0 aliphatic heterocycles. The lowest BCUT2D eigenvalue weighted by Crippen LogP contribution is -2.24. The molecule has 1 aromatic heterocycles. The highest BCUT2D eigenvalue weighted by Crippen LogP contribution is 2.32. The molecule has 0 spiro atoms. The van der Waals surface area contributed by atoms with Gasteiger partial charge in [-0.05, 0) is 43.9 Å². The Bertz CT molecular complexity index is 339. The van der Waals surface area contributed by atoms with E-state index in [1.165, 1.54) is 44.1 Å². The van der Waals surface area contributed by atoms with Crippen molar-refractivity contribution >= 4 is 0 Å². The van der Waals surface area contributed by atoms with Crippen LogP contribution >= 0.6 is 0 Å². The van der Waals surface area contributed by atoms with Crippen molar-refractivity contribution in [3.63, 3.8) is 0 Å². The molecule has 100 valence electrons. The fourth-order valence-corrected chi connectivity index (χ4v) is 2.92. The van der Waals surface area contributed by atoms with Crippen LogP contribution in [0.5, 0.6) is 0 Å². The Morgan fingerprint density at radius 1 is 1.33 bits per heavy atom. The Hall–Kier alpha value is -0.890. The number of nitrogens with zero attached hydrogens (tertiary/aromatic N) is 1. The van der Waals surface area contributed by atoms with E-state index in [2.05, 4.69) is 42.5 Å². The summed E-state index contributed by atoms with van der Waals surface area (Å²) in [5.74, 6) is 0.917. The largest absolute Gasteiger partial charge is 0.310 e. The third-order valence-electron chi connectivity index (χ3n) is 4.02. The van der Waals surface area contributed by atoms with Crippen LogP contribution in [0, 0.1) is 12.8 Å². The van der Waals surface area contributed by atoms with Crippen molar-refractivity contribution in [2.24, 2.45) is 5.92 Å². The minimum absolute atomic E-state index is 0.501. The number of nitrogens with one attached hydrogen (secondary N) is 1. The molecule has 1 fully saturated rings. The van der Waals surface area contributed by atoms with Gasteiger partial charge in [-0.25, -0.2) is 0 Å². The van der Waals surface area contributed by atoms with Gasteiger partial charge in [-0.3, -0.25) is 4.98 Å². The maximum absolute atomic E-state index is 4.44. The first-order valence-corrected chi connectivity index (χ1v) is 7.45. The van der Waals surface area contributed by atoms with Crippen molar-refractivity contribution < 1.29 is 0 Å². The molecule has 1 unspecified atom stereocenters. The highest BCUT2D eigenvalue weighted by Gasteiger charge is 2.21. The van der Waals surface area contributed by atoms with Crippen LogP contribution in [0.25, 0.3) is 0 Å². The first-order valence-electron chi connectivity index (χ1n) is 7.45. The van der Waals surface area contributed by atoms with Gasteiger partial charge in [-0.1, -0.05) is 38.7 Å². The zero-order valence-corrected chi connectivity index (χ0v) is 11.8. The maximum atomic E-state index is 4.44. The molecule has 1 aromatic rings. The first-order chi connectivity index (χ1) is 8.79. The summed E-state index contributed by atoms with van der Waals surface area (Å²) in [7, 11) is 0. The topological polar surface area (TPSA) is 24.9 Å². The van der Waals surface area contributed by atoms with Gasteiger partial charge in [0, 0.05) is 17.9 Å². The van der Waals surface area contributed by atoms with Gasteiger partial charge in [0.2, 0.25) is 0 Å². The second-order valence-electron chi connectivity index (χ2n) is 5.63. The number of hydrogen-bond acceptors (Lipinski definition) is 2. The Morgan fingerprint density at radius 2 is 2.11 bits per heavy atom. The van der Waals surface area contributed by atoms with Crippen LogP contribution in [-0.4, -0.2) is 11.5 Å². The Balaban J connectivity index is 2.00. The molecule has 18 heavy (non-hydrogen) atoms. The average molecular weight is 246 g/mol. The Labute approximate surface area is 111 Å². The normalized spacial score (nSPS) is 18.1. The summed E-state index contributed by atoms with van der Waals surface area (Å²) in [5, 5.41) is 3.69. The zero-order chi connectivity index (χ0) is 12.8. The van der Waals surface area contributed by atoms with Crippen LogP contribution in [-0.2, 0) is 0 Å². The second-order valence-corrected chi connectivity index (χ2v) is 5.63. The van der Waals surface area contributed by atoms with Gasteiger partial charge >= 0.3 is 0 Å². The zero-order valence-electron chi connectivity index (χ0n) is 11.8. The van der Waals surface area contributed by atoms with E-state index in [0.717, 1.165) is 18.2 Å². The van der Waals surface area contributed by atoms with Crippen molar-refractivity contribution in [1.29, 1.82) is 0 Å². The SMILES string of the molecule is CCCNC(CC1CCCC1)c1ccc(C)nc1. The maximum Gasteiger partial charge on any atom is 0.0372 e. The molecule has 0 aromatic carbocycles. The van der Waals surface area contributed by atoms with Crippen molar-refractivity contribution in [2.75, 3.05) is 6.54 Å². The molecule has 1 saturated carbocycles. The molecule has 1 N–H and O–H groups in total. The highest BCUT2D eigenvalue weighted by atomic mass is 14.9. The van der Waals surface area contributed by atoms with E-state index in [0.29, 0.717) is 6.04 Å². The van der Waals surface area contributed by atoms with Crippen molar-refractivity contribution in [3.05, 3.63) is 29.6 Å². The molecule has 1 aliphatic rings. The number of aryl methyl sites for hydroxylation is 1. The van der Waals surface area contributed by atoms with Crippen LogP contribution in [0.1, 0.15) is 62.7 Å². The van der Waals surface area contributed by atoms with E-state index >= 15 is 0 Å². The minimum Gasteiger partial charge on any atom is -0.310 e. The molecule has 0 saturated heterocycles. The molecule has 2 rings (SSSR count). The van der Waals surface area contributed by atoms with Crippen LogP contribution in [0.3, 0.4) is 0 Å². The second kappa shape index (κ2) is 6.89. The third kappa shape index (κ3) is 3.81. The number of hydrogen-bond donors (Lipinski definition) is 1.